The summed E-state index contributed by atoms with van der Waals surface area (Å²) in [6, 6.07) is 49.4. The summed E-state index contributed by atoms with van der Waals surface area (Å²) in [4.78, 5) is 10.5. The Bertz CT molecular complexity index is 2050. The van der Waals surface area contributed by atoms with Crippen LogP contribution in [0.1, 0.15) is 47.8 Å². The van der Waals surface area contributed by atoms with E-state index in [1.54, 1.807) is 0 Å². The molecule has 1 aliphatic carbocycles. The Kier molecular flexibility index (Phi) is 5.87. The fourth-order valence-electron chi connectivity index (χ4n) is 6.70. The van der Waals surface area contributed by atoms with Crippen molar-refractivity contribution in [3.8, 4) is 22.3 Å². The van der Waals surface area contributed by atoms with Gasteiger partial charge in [-0.2, -0.15) is 0 Å². The lowest BCUT2D eigenvalue weighted by Gasteiger charge is -2.26. The minimum atomic E-state index is -0.379. The maximum absolute atomic E-state index is 5.37. The van der Waals surface area contributed by atoms with Crippen molar-refractivity contribution in [1.29, 1.82) is 0 Å². The Labute approximate surface area is 252 Å². The molecule has 3 heteroatoms. The molecule has 3 nitrogen and oxygen atoms in total. The second-order valence-electron chi connectivity index (χ2n) is 11.9. The predicted molar refractivity (Wildman–Crippen MR) is 179 cm³/mol. The van der Waals surface area contributed by atoms with E-state index in [1.165, 1.54) is 44.2 Å². The molecule has 6 aromatic carbocycles. The van der Waals surface area contributed by atoms with Gasteiger partial charge in [-0.15, -0.1) is 0 Å². The summed E-state index contributed by atoms with van der Waals surface area (Å²) >= 11 is 0. The molecule has 0 fully saturated rings. The molecule has 1 aliphatic heterocycles. The van der Waals surface area contributed by atoms with Crippen LogP contribution in [0.25, 0.3) is 33.0 Å². The van der Waals surface area contributed by atoms with Crippen LogP contribution in [0.4, 0.5) is 0 Å². The number of hydrogen-bond acceptors (Lipinski definition) is 3. The second-order valence-corrected chi connectivity index (χ2v) is 11.9. The number of benzene rings is 6. The molecule has 206 valence electrons. The van der Waals surface area contributed by atoms with E-state index < -0.39 is 0 Å². The molecule has 43 heavy (non-hydrogen) atoms. The Balaban J connectivity index is 1.34. The second kappa shape index (κ2) is 9.92. The van der Waals surface area contributed by atoms with E-state index in [9.17, 15) is 0 Å². The Morgan fingerprint density at radius 1 is 0.535 bits per heavy atom. The summed E-state index contributed by atoms with van der Waals surface area (Å²) < 4.78 is 0. The average Bonchev–Trinajstić information content (AvgIpc) is 3.30. The van der Waals surface area contributed by atoms with Crippen LogP contribution in [-0.2, 0) is 5.41 Å². The molecule has 1 unspecified atom stereocenters. The first-order chi connectivity index (χ1) is 21.1. The van der Waals surface area contributed by atoms with E-state index in [2.05, 4.69) is 147 Å². The van der Waals surface area contributed by atoms with Gasteiger partial charge in [0.1, 0.15) is 11.7 Å². The molecular weight excluding hydrogens is 522 g/mol. The molecule has 0 aromatic heterocycles. The number of nitrogens with zero attached hydrogens (tertiary/aromatic N) is 2. The van der Waals surface area contributed by atoms with Crippen molar-refractivity contribution in [2.24, 2.45) is 9.98 Å². The SMILES string of the molecule is CC1(C)c2ccccc2-c2c1cc1ccccc1c2C1=NC(c2ccc(-c3ccccc3)cc2)N=C(c2ccccc2)N1. The average molecular weight is 554 g/mol. The number of hydrogen-bond donors (Lipinski definition) is 1. The van der Waals surface area contributed by atoms with Gasteiger partial charge in [0, 0.05) is 16.5 Å². The van der Waals surface area contributed by atoms with Gasteiger partial charge in [0.05, 0.1) is 0 Å². The molecule has 0 bridgehead atoms. The van der Waals surface area contributed by atoms with E-state index in [4.69, 9.17) is 9.98 Å². The number of amidine groups is 2. The monoisotopic (exact) mass is 553 g/mol. The van der Waals surface area contributed by atoms with Gasteiger partial charge in [-0.3, -0.25) is 0 Å². The summed E-state index contributed by atoms with van der Waals surface area (Å²) in [6.45, 7) is 4.67. The van der Waals surface area contributed by atoms with Crippen LogP contribution in [0.2, 0.25) is 0 Å². The van der Waals surface area contributed by atoms with Crippen molar-refractivity contribution in [3.63, 3.8) is 0 Å². The van der Waals surface area contributed by atoms with E-state index in [-0.39, 0.29) is 11.6 Å². The van der Waals surface area contributed by atoms with Crippen molar-refractivity contribution in [2.45, 2.75) is 25.4 Å². The predicted octanol–water partition coefficient (Wildman–Crippen LogP) is 9.31. The lowest BCUT2D eigenvalue weighted by atomic mass is 9.81. The molecule has 0 saturated heterocycles. The number of nitrogens with one attached hydrogen (secondary N) is 1. The maximum atomic E-state index is 5.37. The third kappa shape index (κ3) is 4.20. The van der Waals surface area contributed by atoms with E-state index in [0.29, 0.717) is 0 Å². The van der Waals surface area contributed by atoms with Gasteiger partial charge in [0.15, 0.2) is 6.17 Å². The zero-order valence-electron chi connectivity index (χ0n) is 24.3. The molecule has 0 amide bonds. The van der Waals surface area contributed by atoms with Gasteiger partial charge in [-0.25, -0.2) is 9.98 Å². The minimum absolute atomic E-state index is 0.122. The lowest BCUT2D eigenvalue weighted by molar-refractivity contribution is 0.661. The van der Waals surface area contributed by atoms with Crippen LogP contribution in [-0.4, -0.2) is 11.7 Å². The molecule has 1 atom stereocenters. The first-order valence-electron chi connectivity index (χ1n) is 14.9. The van der Waals surface area contributed by atoms with Crippen molar-refractivity contribution < 1.29 is 0 Å². The largest absolute Gasteiger partial charge is 0.324 e. The smallest absolute Gasteiger partial charge is 0.169 e. The fraction of sp³-hybridized carbons (Fsp3) is 0.100. The van der Waals surface area contributed by atoms with Gasteiger partial charge in [0.25, 0.3) is 0 Å². The normalized spacial score (nSPS) is 16.6. The molecule has 8 rings (SSSR count). The van der Waals surface area contributed by atoms with Gasteiger partial charge in [-0.05, 0) is 55.8 Å². The number of rotatable bonds is 4. The molecule has 0 saturated carbocycles. The van der Waals surface area contributed by atoms with Crippen LogP contribution in [0, 0.1) is 0 Å². The van der Waals surface area contributed by atoms with Gasteiger partial charge < -0.3 is 5.32 Å². The first kappa shape index (κ1) is 25.4. The van der Waals surface area contributed by atoms with Gasteiger partial charge in [0.2, 0.25) is 0 Å². The zero-order valence-corrected chi connectivity index (χ0v) is 24.3. The third-order valence-corrected chi connectivity index (χ3v) is 8.93. The molecule has 1 N–H and O–H groups in total. The Morgan fingerprint density at radius 3 is 1.91 bits per heavy atom. The Hall–Kier alpha value is -5.28. The summed E-state index contributed by atoms with van der Waals surface area (Å²) in [6.07, 6.45) is -0.379. The summed E-state index contributed by atoms with van der Waals surface area (Å²) in [7, 11) is 0. The van der Waals surface area contributed by atoms with Crippen molar-refractivity contribution in [3.05, 3.63) is 167 Å². The molecule has 0 spiro atoms. The van der Waals surface area contributed by atoms with E-state index in [1.807, 2.05) is 12.1 Å². The van der Waals surface area contributed by atoms with Crippen molar-refractivity contribution in [2.75, 3.05) is 0 Å². The molecule has 6 aromatic rings. The summed E-state index contributed by atoms with van der Waals surface area (Å²) in [5.41, 5.74) is 10.7. The molecule has 2 aliphatic rings. The third-order valence-electron chi connectivity index (χ3n) is 8.93. The topological polar surface area (TPSA) is 36.8 Å². The first-order valence-corrected chi connectivity index (χ1v) is 14.9. The van der Waals surface area contributed by atoms with E-state index in [0.717, 1.165) is 28.4 Å². The number of aliphatic imine (C=N–C) groups is 2. The fourth-order valence-corrected chi connectivity index (χ4v) is 6.70. The number of fused-ring (bicyclic) bond motifs is 4. The highest BCUT2D eigenvalue weighted by Crippen LogP contribution is 2.52. The minimum Gasteiger partial charge on any atom is -0.324 e. The van der Waals surface area contributed by atoms with Crippen LogP contribution in [0.3, 0.4) is 0 Å². The highest BCUT2D eigenvalue weighted by atomic mass is 15.2. The quantitative estimate of drug-likeness (QED) is 0.232. The maximum Gasteiger partial charge on any atom is 0.169 e. The van der Waals surface area contributed by atoms with Crippen LogP contribution in [0.5, 0.6) is 0 Å². The van der Waals surface area contributed by atoms with Gasteiger partial charge in [-0.1, -0.05) is 147 Å². The van der Waals surface area contributed by atoms with Gasteiger partial charge >= 0.3 is 0 Å². The van der Waals surface area contributed by atoms with Crippen molar-refractivity contribution >= 4 is 22.4 Å². The molecule has 1 heterocycles. The van der Waals surface area contributed by atoms with Crippen LogP contribution < -0.4 is 5.32 Å². The highest BCUT2D eigenvalue weighted by molar-refractivity contribution is 6.23. The van der Waals surface area contributed by atoms with Crippen molar-refractivity contribution in [1.82, 2.24) is 5.32 Å². The van der Waals surface area contributed by atoms with Crippen LogP contribution >= 0.6 is 0 Å². The molecule has 0 radical (unpaired) electrons. The summed E-state index contributed by atoms with van der Waals surface area (Å²) in [5.74, 6) is 1.68. The van der Waals surface area contributed by atoms with Crippen LogP contribution in [0.15, 0.2) is 150 Å². The standard InChI is InChI=1S/C40H31N3/c1-40(2)33-20-12-11-19-32(33)35-34(40)25-30-17-9-10-18-31(30)36(35)39-42-37(28-15-7-4-8-16-28)41-38(43-39)29-23-21-27(22-24-29)26-13-5-3-6-14-26/h3-25,38H,1-2H3,(H,41,42,43). The summed E-state index contributed by atoms with van der Waals surface area (Å²) in [5, 5.41) is 6.11. The lowest BCUT2D eigenvalue weighted by Crippen LogP contribution is -2.36. The zero-order chi connectivity index (χ0) is 29.0. The highest BCUT2D eigenvalue weighted by Gasteiger charge is 2.38. The Morgan fingerprint density at radius 2 is 1.14 bits per heavy atom. The van der Waals surface area contributed by atoms with E-state index >= 15 is 0 Å². The molecular formula is C40H31N3.